The highest BCUT2D eigenvalue weighted by Crippen LogP contribution is 2.33. The van der Waals surface area contributed by atoms with Crippen molar-refractivity contribution in [3.63, 3.8) is 0 Å². The first-order valence-electron chi connectivity index (χ1n) is 6.35. The molecule has 0 unspecified atom stereocenters. The molecule has 1 aromatic heterocycles. The van der Waals surface area contributed by atoms with Gasteiger partial charge in [0.2, 0.25) is 0 Å². The molecular formula is C17H13BrOS. The van der Waals surface area contributed by atoms with E-state index in [-0.39, 0.29) is 5.78 Å². The van der Waals surface area contributed by atoms with Crippen molar-refractivity contribution >= 4 is 43.1 Å². The molecule has 0 saturated heterocycles. The van der Waals surface area contributed by atoms with Crippen molar-refractivity contribution in [2.75, 3.05) is 0 Å². The Labute approximate surface area is 130 Å². The van der Waals surface area contributed by atoms with Gasteiger partial charge in [0, 0.05) is 31.1 Å². The second-order valence-corrected chi connectivity index (χ2v) is 6.63. The van der Waals surface area contributed by atoms with Gasteiger partial charge >= 0.3 is 0 Å². The molecule has 1 heterocycles. The van der Waals surface area contributed by atoms with Crippen LogP contribution in [0.15, 0.2) is 46.3 Å². The minimum Gasteiger partial charge on any atom is -0.289 e. The van der Waals surface area contributed by atoms with Crippen LogP contribution in [0.3, 0.4) is 0 Å². The molecule has 0 spiro atoms. The largest absolute Gasteiger partial charge is 0.289 e. The molecular weight excluding hydrogens is 332 g/mol. The van der Waals surface area contributed by atoms with Crippen LogP contribution in [0.25, 0.3) is 10.1 Å². The number of carbonyl (C=O) groups excluding carboxylic acids is 1. The Morgan fingerprint density at radius 1 is 1.10 bits per heavy atom. The Morgan fingerprint density at radius 2 is 1.90 bits per heavy atom. The van der Waals surface area contributed by atoms with Gasteiger partial charge in [-0.2, -0.15) is 0 Å². The summed E-state index contributed by atoms with van der Waals surface area (Å²) in [4.78, 5) is 12.7. The van der Waals surface area contributed by atoms with Crippen LogP contribution in [0.2, 0.25) is 0 Å². The minimum absolute atomic E-state index is 0.0949. The summed E-state index contributed by atoms with van der Waals surface area (Å²) in [5.41, 5.74) is 3.90. The van der Waals surface area contributed by atoms with Gasteiger partial charge in [0.25, 0.3) is 0 Å². The third-order valence-corrected chi connectivity index (χ3v) is 5.52. The standard InChI is InChI=1S/C17H13BrOS/c1-10-6-7-12(8-11(10)2)16(19)14-9-20-17-13(14)4-3-5-15(17)18/h3-9H,1-2H3. The maximum Gasteiger partial charge on any atom is 0.194 e. The Kier molecular flexibility index (Phi) is 3.48. The Bertz CT molecular complexity index is 817. The first-order chi connectivity index (χ1) is 9.58. The number of halogens is 1. The van der Waals surface area contributed by atoms with Gasteiger partial charge in [-0.1, -0.05) is 24.3 Å². The maximum atomic E-state index is 12.7. The topological polar surface area (TPSA) is 17.1 Å². The third-order valence-electron chi connectivity index (χ3n) is 3.57. The van der Waals surface area contributed by atoms with Crippen molar-refractivity contribution in [2.45, 2.75) is 13.8 Å². The van der Waals surface area contributed by atoms with Crippen LogP contribution in [-0.2, 0) is 0 Å². The van der Waals surface area contributed by atoms with Crippen molar-refractivity contribution in [2.24, 2.45) is 0 Å². The summed E-state index contributed by atoms with van der Waals surface area (Å²) < 4.78 is 2.17. The van der Waals surface area contributed by atoms with E-state index in [9.17, 15) is 4.79 Å². The monoisotopic (exact) mass is 344 g/mol. The van der Waals surface area contributed by atoms with Crippen molar-refractivity contribution in [3.05, 3.63) is 68.5 Å². The zero-order valence-electron chi connectivity index (χ0n) is 11.2. The van der Waals surface area contributed by atoms with Crippen LogP contribution in [0.1, 0.15) is 27.0 Å². The summed E-state index contributed by atoms with van der Waals surface area (Å²) in [6.45, 7) is 4.09. The number of carbonyl (C=O) groups is 1. The average Bonchev–Trinajstić information content (AvgIpc) is 2.86. The molecule has 0 bridgehead atoms. The van der Waals surface area contributed by atoms with Gasteiger partial charge in [0.15, 0.2) is 5.78 Å². The van der Waals surface area contributed by atoms with E-state index in [4.69, 9.17) is 0 Å². The van der Waals surface area contributed by atoms with Gasteiger partial charge < -0.3 is 0 Å². The Morgan fingerprint density at radius 3 is 2.65 bits per heavy atom. The van der Waals surface area contributed by atoms with E-state index in [1.807, 2.05) is 48.7 Å². The fourth-order valence-electron chi connectivity index (χ4n) is 2.24. The van der Waals surface area contributed by atoms with Crippen LogP contribution in [0.4, 0.5) is 0 Å². The minimum atomic E-state index is 0.0949. The highest BCUT2D eigenvalue weighted by molar-refractivity contribution is 9.10. The summed E-state index contributed by atoms with van der Waals surface area (Å²) in [6.07, 6.45) is 0. The molecule has 1 nitrogen and oxygen atoms in total. The summed E-state index contributed by atoms with van der Waals surface area (Å²) in [5.74, 6) is 0.0949. The van der Waals surface area contributed by atoms with Gasteiger partial charge in [-0.15, -0.1) is 11.3 Å². The number of benzene rings is 2. The molecule has 0 fully saturated rings. The van der Waals surface area contributed by atoms with E-state index in [1.54, 1.807) is 11.3 Å². The highest BCUT2D eigenvalue weighted by atomic mass is 79.9. The molecule has 3 rings (SSSR count). The molecule has 20 heavy (non-hydrogen) atoms. The van der Waals surface area contributed by atoms with Crippen molar-refractivity contribution in [1.82, 2.24) is 0 Å². The lowest BCUT2D eigenvalue weighted by Crippen LogP contribution is -2.01. The first-order valence-corrected chi connectivity index (χ1v) is 8.03. The van der Waals surface area contributed by atoms with E-state index in [1.165, 1.54) is 5.56 Å². The van der Waals surface area contributed by atoms with E-state index >= 15 is 0 Å². The molecule has 0 atom stereocenters. The maximum absolute atomic E-state index is 12.7. The molecule has 0 N–H and O–H groups in total. The molecule has 0 aliphatic rings. The molecule has 0 aliphatic heterocycles. The first kappa shape index (κ1) is 13.5. The van der Waals surface area contributed by atoms with Crippen molar-refractivity contribution < 1.29 is 4.79 Å². The number of rotatable bonds is 2. The number of ketones is 1. The number of hydrogen-bond donors (Lipinski definition) is 0. The quantitative estimate of drug-likeness (QED) is 0.560. The molecule has 3 aromatic rings. The van der Waals surface area contributed by atoms with Crippen molar-refractivity contribution in [1.29, 1.82) is 0 Å². The predicted molar refractivity (Wildman–Crippen MR) is 88.9 cm³/mol. The number of thiophene rings is 1. The SMILES string of the molecule is Cc1ccc(C(=O)c2csc3c(Br)cccc23)cc1C. The Hall–Kier alpha value is -1.45. The number of aryl methyl sites for hydroxylation is 2. The van der Waals surface area contributed by atoms with Gasteiger partial charge in [0.05, 0.1) is 0 Å². The van der Waals surface area contributed by atoms with E-state index < -0.39 is 0 Å². The van der Waals surface area contributed by atoms with Crippen molar-refractivity contribution in [3.8, 4) is 0 Å². The summed E-state index contributed by atoms with van der Waals surface area (Å²) in [7, 11) is 0. The molecule has 0 aliphatic carbocycles. The summed E-state index contributed by atoms with van der Waals surface area (Å²) in [6, 6.07) is 11.9. The van der Waals surface area contributed by atoms with E-state index in [2.05, 4.69) is 22.9 Å². The normalized spacial score (nSPS) is 10.9. The van der Waals surface area contributed by atoms with Gasteiger partial charge in [-0.3, -0.25) is 4.79 Å². The smallest absolute Gasteiger partial charge is 0.194 e. The fourth-order valence-corrected chi connectivity index (χ4v) is 3.84. The fraction of sp³-hybridized carbons (Fsp3) is 0.118. The molecule has 0 radical (unpaired) electrons. The lowest BCUT2D eigenvalue weighted by Gasteiger charge is -2.04. The van der Waals surface area contributed by atoms with Gasteiger partial charge in [-0.05, 0) is 53.0 Å². The second kappa shape index (κ2) is 5.15. The zero-order chi connectivity index (χ0) is 14.3. The molecule has 0 saturated carbocycles. The van der Waals surface area contributed by atoms with E-state index in [0.29, 0.717) is 0 Å². The van der Waals surface area contributed by atoms with Crippen LogP contribution in [0.5, 0.6) is 0 Å². The number of fused-ring (bicyclic) bond motifs is 1. The predicted octanol–water partition coefficient (Wildman–Crippen LogP) is 5.51. The summed E-state index contributed by atoms with van der Waals surface area (Å²) in [5, 5.41) is 2.97. The molecule has 0 amide bonds. The van der Waals surface area contributed by atoms with Crippen LogP contribution in [-0.4, -0.2) is 5.78 Å². The van der Waals surface area contributed by atoms with Gasteiger partial charge in [-0.25, -0.2) is 0 Å². The average molecular weight is 345 g/mol. The highest BCUT2D eigenvalue weighted by Gasteiger charge is 2.15. The Balaban J connectivity index is 2.13. The molecule has 2 aromatic carbocycles. The number of hydrogen-bond acceptors (Lipinski definition) is 2. The second-order valence-electron chi connectivity index (χ2n) is 4.89. The van der Waals surface area contributed by atoms with Crippen LogP contribution >= 0.6 is 27.3 Å². The van der Waals surface area contributed by atoms with Gasteiger partial charge in [0.1, 0.15) is 0 Å². The lowest BCUT2D eigenvalue weighted by atomic mass is 9.99. The van der Waals surface area contributed by atoms with Crippen LogP contribution < -0.4 is 0 Å². The third kappa shape index (κ3) is 2.21. The summed E-state index contributed by atoms with van der Waals surface area (Å²) >= 11 is 5.14. The molecule has 100 valence electrons. The zero-order valence-corrected chi connectivity index (χ0v) is 13.6. The van der Waals surface area contributed by atoms with E-state index in [0.717, 1.165) is 31.2 Å². The van der Waals surface area contributed by atoms with Crippen LogP contribution in [0, 0.1) is 13.8 Å². The lowest BCUT2D eigenvalue weighted by molar-refractivity contribution is 0.104. The molecule has 3 heteroatoms.